The number of benzene rings is 4. The minimum absolute atomic E-state index is 0.186. The summed E-state index contributed by atoms with van der Waals surface area (Å²) in [5, 5.41) is 92.1. The molecule has 2 aromatic rings. The minimum atomic E-state index is -0.948. The van der Waals surface area contributed by atoms with E-state index in [1.54, 1.807) is 18.2 Å². The molecule has 2 aliphatic rings. The molecule has 2 aliphatic carbocycles. The monoisotopic (exact) mass is 570 g/mol. The van der Waals surface area contributed by atoms with Crippen molar-refractivity contribution in [2.75, 3.05) is 52.9 Å². The molecular formula is C28H34N4O9. The molecule has 0 radical (unpaired) electrons. The van der Waals surface area contributed by atoms with Crippen molar-refractivity contribution in [3.05, 3.63) is 51.8 Å². The van der Waals surface area contributed by atoms with Gasteiger partial charge >= 0.3 is 0 Å². The third kappa shape index (κ3) is 5.84. The van der Waals surface area contributed by atoms with Crippen molar-refractivity contribution in [3.63, 3.8) is 0 Å². The molecule has 0 aromatic heterocycles. The number of phenols is 1. The van der Waals surface area contributed by atoms with E-state index in [0.717, 1.165) is 0 Å². The predicted octanol–water partition coefficient (Wildman–Crippen LogP) is -3.87. The van der Waals surface area contributed by atoms with Crippen LogP contribution in [0, 0.1) is 0 Å². The van der Waals surface area contributed by atoms with Gasteiger partial charge in [0.2, 0.25) is 0 Å². The Morgan fingerprint density at radius 3 is 1.00 bits per heavy atom. The zero-order chi connectivity index (χ0) is 29.7. The van der Waals surface area contributed by atoms with Crippen LogP contribution in [-0.4, -0.2) is 123 Å². The second-order valence-electron chi connectivity index (χ2n) is 9.63. The first kappa shape index (κ1) is 30.6. The fourth-order valence-corrected chi connectivity index (χ4v) is 4.81. The van der Waals surface area contributed by atoms with Crippen LogP contribution in [-0.2, 0) is 0 Å². The first-order chi connectivity index (χ1) is 19.9. The highest BCUT2D eigenvalue weighted by Gasteiger charge is 2.24. The summed E-state index contributed by atoms with van der Waals surface area (Å²) >= 11 is 0. The second-order valence-corrected chi connectivity index (χ2v) is 9.63. The number of rotatable bonds is 12. The maximum absolute atomic E-state index is 10.9. The number of phenolic OH excluding ortho intramolecular Hbond substituents is 1. The molecule has 13 nitrogen and oxygen atoms in total. The Morgan fingerprint density at radius 1 is 0.439 bits per heavy atom. The average molecular weight is 571 g/mol. The van der Waals surface area contributed by atoms with E-state index in [2.05, 4.69) is 20.0 Å². The van der Waals surface area contributed by atoms with E-state index in [1.807, 2.05) is 0 Å². The third-order valence-electron chi connectivity index (χ3n) is 6.84. The molecule has 9 N–H and O–H groups in total. The SMILES string of the molecule is OCC(CO)N=c1c(=NC(CO)CO)c2cc(O)cc3c2-c2c1cccc2c(=NC(CO)CO)c3=NC(CO)CO. The number of aliphatic hydroxyl groups excluding tert-OH is 8. The molecule has 0 amide bonds. The first-order valence-corrected chi connectivity index (χ1v) is 13.1. The van der Waals surface area contributed by atoms with E-state index < -0.39 is 77.0 Å². The van der Waals surface area contributed by atoms with Gasteiger partial charge in [-0.2, -0.15) is 0 Å². The van der Waals surface area contributed by atoms with Crippen LogP contribution in [0.2, 0.25) is 0 Å². The normalized spacial score (nSPS) is 14.7. The molecule has 0 aliphatic heterocycles. The van der Waals surface area contributed by atoms with Crippen LogP contribution in [0.5, 0.6) is 5.75 Å². The molecule has 4 rings (SSSR count). The molecule has 0 atom stereocenters. The van der Waals surface area contributed by atoms with Gasteiger partial charge in [-0.05, 0) is 12.1 Å². The molecule has 41 heavy (non-hydrogen) atoms. The van der Waals surface area contributed by atoms with Crippen LogP contribution < -0.4 is 21.4 Å². The Labute approximate surface area is 233 Å². The third-order valence-corrected chi connectivity index (χ3v) is 6.84. The van der Waals surface area contributed by atoms with E-state index in [4.69, 9.17) is 0 Å². The minimum Gasteiger partial charge on any atom is -0.508 e. The van der Waals surface area contributed by atoms with Gasteiger partial charge in [-0.1, -0.05) is 18.2 Å². The highest BCUT2D eigenvalue weighted by Crippen LogP contribution is 2.36. The van der Waals surface area contributed by atoms with Crippen molar-refractivity contribution in [2.45, 2.75) is 24.2 Å². The lowest BCUT2D eigenvalue weighted by Gasteiger charge is -2.20. The molecule has 0 bridgehead atoms. The van der Waals surface area contributed by atoms with Crippen LogP contribution in [0.3, 0.4) is 0 Å². The summed E-state index contributed by atoms with van der Waals surface area (Å²) in [5.74, 6) is -0.212. The number of nitrogens with zero attached hydrogens (tertiary/aromatic N) is 4. The van der Waals surface area contributed by atoms with Crippen molar-refractivity contribution < 1.29 is 46.0 Å². The zero-order valence-corrected chi connectivity index (χ0v) is 22.2. The molecule has 0 unspecified atom stereocenters. The Morgan fingerprint density at radius 2 is 0.707 bits per heavy atom. The Hall–Kier alpha value is -3.40. The van der Waals surface area contributed by atoms with Gasteiger partial charge in [0.25, 0.3) is 0 Å². The van der Waals surface area contributed by atoms with Gasteiger partial charge in [0.05, 0.1) is 98.5 Å². The summed E-state index contributed by atoms with van der Waals surface area (Å²) in [6, 6.07) is 4.31. The smallest absolute Gasteiger partial charge is 0.116 e. The number of aromatic hydroxyl groups is 1. The Kier molecular flexibility index (Phi) is 10.1. The van der Waals surface area contributed by atoms with E-state index in [1.165, 1.54) is 12.1 Å². The molecule has 0 saturated carbocycles. The molecule has 0 saturated heterocycles. The van der Waals surface area contributed by atoms with Gasteiger partial charge < -0.3 is 46.0 Å². The predicted molar refractivity (Wildman–Crippen MR) is 147 cm³/mol. The molecule has 2 aromatic carbocycles. The van der Waals surface area contributed by atoms with Crippen molar-refractivity contribution >= 4 is 21.5 Å². The summed E-state index contributed by atoms with van der Waals surface area (Å²) in [6.07, 6.45) is 0. The summed E-state index contributed by atoms with van der Waals surface area (Å²) in [5.41, 5.74) is 1.13. The largest absolute Gasteiger partial charge is 0.508 e. The Balaban J connectivity index is 2.45. The average Bonchev–Trinajstić information content (AvgIpc) is 3.00. The van der Waals surface area contributed by atoms with E-state index in [-0.39, 0.29) is 27.2 Å². The van der Waals surface area contributed by atoms with E-state index in [0.29, 0.717) is 32.7 Å². The van der Waals surface area contributed by atoms with Crippen LogP contribution in [0.25, 0.3) is 32.7 Å². The highest BCUT2D eigenvalue weighted by molar-refractivity contribution is 6.11. The number of hydrogen-bond donors (Lipinski definition) is 9. The summed E-state index contributed by atoms with van der Waals surface area (Å²) in [4.78, 5) is 18.3. The maximum atomic E-state index is 10.9. The highest BCUT2D eigenvalue weighted by atomic mass is 16.3. The van der Waals surface area contributed by atoms with Crippen LogP contribution >= 0.6 is 0 Å². The molecule has 0 spiro atoms. The molecule has 13 heteroatoms. The lowest BCUT2D eigenvalue weighted by Crippen LogP contribution is -2.38. The Bertz CT molecular complexity index is 1560. The van der Waals surface area contributed by atoms with Crippen molar-refractivity contribution in [1.82, 2.24) is 0 Å². The molecular weight excluding hydrogens is 536 g/mol. The number of aliphatic hydroxyl groups is 8. The van der Waals surface area contributed by atoms with Gasteiger partial charge in [0, 0.05) is 32.7 Å². The first-order valence-electron chi connectivity index (χ1n) is 13.1. The maximum Gasteiger partial charge on any atom is 0.116 e. The van der Waals surface area contributed by atoms with Gasteiger partial charge in [0.1, 0.15) is 5.75 Å². The van der Waals surface area contributed by atoms with Crippen molar-refractivity contribution in [3.8, 4) is 16.9 Å². The quantitative estimate of drug-likeness (QED) is 0.0757. The van der Waals surface area contributed by atoms with E-state index in [9.17, 15) is 46.0 Å². The van der Waals surface area contributed by atoms with Crippen molar-refractivity contribution in [2.24, 2.45) is 20.0 Å². The molecule has 220 valence electrons. The molecule has 0 fully saturated rings. The summed E-state index contributed by atoms with van der Waals surface area (Å²) in [7, 11) is 0. The van der Waals surface area contributed by atoms with E-state index >= 15 is 0 Å². The van der Waals surface area contributed by atoms with Gasteiger partial charge in [-0.25, -0.2) is 0 Å². The lowest BCUT2D eigenvalue weighted by atomic mass is 9.86. The standard InChI is InChI=1S/C28H34N4O9/c33-6-14(7-34)29-25-19-2-1-3-20-23(19)24-21(27(25)31-16(10-37)11-38)4-18(41)5-22(24)28(32-17(12-39)13-40)26(20)30-15(8-35)9-36/h1-5,14-17,33-41H,6-13H2. The fraction of sp³-hybridized carbons (Fsp3) is 0.429. The number of hydrogen-bond acceptors (Lipinski definition) is 13. The summed E-state index contributed by atoms with van der Waals surface area (Å²) in [6.45, 7) is -3.90. The van der Waals surface area contributed by atoms with Gasteiger partial charge in [-0.15, -0.1) is 0 Å². The molecule has 0 heterocycles. The van der Waals surface area contributed by atoms with Crippen LogP contribution in [0.15, 0.2) is 50.3 Å². The topological polar surface area (TPSA) is 232 Å². The van der Waals surface area contributed by atoms with Gasteiger partial charge in [0.15, 0.2) is 0 Å². The van der Waals surface area contributed by atoms with Crippen LogP contribution in [0.1, 0.15) is 0 Å². The van der Waals surface area contributed by atoms with Crippen LogP contribution in [0.4, 0.5) is 0 Å². The lowest BCUT2D eigenvalue weighted by molar-refractivity contribution is 0.191. The van der Waals surface area contributed by atoms with Crippen molar-refractivity contribution in [1.29, 1.82) is 0 Å². The zero-order valence-electron chi connectivity index (χ0n) is 22.2. The summed E-state index contributed by atoms with van der Waals surface area (Å²) < 4.78 is 0. The second kappa shape index (κ2) is 13.5. The fourth-order valence-electron chi connectivity index (χ4n) is 4.81. The van der Waals surface area contributed by atoms with Gasteiger partial charge in [-0.3, -0.25) is 20.0 Å².